The zero-order valence-electron chi connectivity index (χ0n) is 16.7. The van der Waals surface area contributed by atoms with E-state index in [1.54, 1.807) is 21.3 Å². The van der Waals surface area contributed by atoms with Crippen molar-refractivity contribution in [3.05, 3.63) is 53.1 Å². The monoisotopic (exact) mass is 369 g/mol. The molecule has 0 radical (unpaired) electrons. The molecule has 144 valence electrons. The molecule has 0 unspecified atom stereocenters. The van der Waals surface area contributed by atoms with Crippen molar-refractivity contribution >= 4 is 5.90 Å². The van der Waals surface area contributed by atoms with Crippen LogP contribution in [-0.2, 0) is 17.6 Å². The summed E-state index contributed by atoms with van der Waals surface area (Å²) in [4.78, 5) is 4.74. The Hall–Kier alpha value is -2.69. The second-order valence-corrected chi connectivity index (χ2v) is 7.23. The van der Waals surface area contributed by atoms with Crippen LogP contribution in [0.1, 0.15) is 30.5 Å². The third kappa shape index (κ3) is 4.35. The standard InChI is InChI=1S/C22H27NO4/c1-22(2)14-27-21(23-22)18-13-20(26-5)19(25-4)12-16(18)10-9-15-7-6-8-17(11-15)24-3/h6-8,11-13H,9-10,14H2,1-5H3. The Morgan fingerprint density at radius 3 is 2.33 bits per heavy atom. The van der Waals surface area contributed by atoms with Crippen LogP contribution in [0.5, 0.6) is 17.2 Å². The molecule has 0 N–H and O–H groups in total. The first-order valence-corrected chi connectivity index (χ1v) is 9.06. The number of aryl methyl sites for hydroxylation is 2. The lowest BCUT2D eigenvalue weighted by molar-refractivity contribution is 0.279. The SMILES string of the molecule is COc1cccc(CCc2cc(OC)c(OC)cc2C2=NC(C)(C)CO2)c1. The van der Waals surface area contributed by atoms with Crippen molar-refractivity contribution in [1.29, 1.82) is 0 Å². The Labute approximate surface area is 160 Å². The molecule has 5 heteroatoms. The summed E-state index contributed by atoms with van der Waals surface area (Å²) in [5.41, 5.74) is 3.07. The molecule has 3 rings (SSSR count). The van der Waals surface area contributed by atoms with Crippen LogP contribution in [-0.4, -0.2) is 39.4 Å². The molecule has 0 bridgehead atoms. The number of rotatable bonds is 7. The largest absolute Gasteiger partial charge is 0.497 e. The van der Waals surface area contributed by atoms with Crippen LogP contribution >= 0.6 is 0 Å². The van der Waals surface area contributed by atoms with Crippen LogP contribution in [0.2, 0.25) is 0 Å². The summed E-state index contributed by atoms with van der Waals surface area (Å²) in [7, 11) is 4.97. The topological polar surface area (TPSA) is 49.3 Å². The van der Waals surface area contributed by atoms with Crippen molar-refractivity contribution in [2.24, 2.45) is 4.99 Å². The normalized spacial score (nSPS) is 15.1. The Morgan fingerprint density at radius 1 is 0.963 bits per heavy atom. The van der Waals surface area contributed by atoms with Crippen LogP contribution in [0.15, 0.2) is 41.4 Å². The molecule has 1 aliphatic heterocycles. The van der Waals surface area contributed by atoms with E-state index in [0.717, 1.165) is 29.7 Å². The average molecular weight is 369 g/mol. The highest BCUT2D eigenvalue weighted by atomic mass is 16.5. The molecule has 0 saturated carbocycles. The van der Waals surface area contributed by atoms with Crippen molar-refractivity contribution in [1.82, 2.24) is 0 Å². The smallest absolute Gasteiger partial charge is 0.217 e. The number of nitrogens with zero attached hydrogens (tertiary/aromatic N) is 1. The van der Waals surface area contributed by atoms with Gasteiger partial charge in [0.25, 0.3) is 0 Å². The van der Waals surface area contributed by atoms with Crippen molar-refractivity contribution in [3.63, 3.8) is 0 Å². The van der Waals surface area contributed by atoms with Gasteiger partial charge >= 0.3 is 0 Å². The van der Waals surface area contributed by atoms with E-state index in [1.165, 1.54) is 5.56 Å². The lowest BCUT2D eigenvalue weighted by Crippen LogP contribution is -2.17. The highest BCUT2D eigenvalue weighted by molar-refractivity contribution is 5.97. The molecule has 27 heavy (non-hydrogen) atoms. The lowest BCUT2D eigenvalue weighted by atomic mass is 9.98. The molecular weight excluding hydrogens is 342 g/mol. The minimum Gasteiger partial charge on any atom is -0.497 e. The van der Waals surface area contributed by atoms with Gasteiger partial charge in [-0.2, -0.15) is 0 Å². The zero-order valence-corrected chi connectivity index (χ0v) is 16.7. The highest BCUT2D eigenvalue weighted by Crippen LogP contribution is 2.33. The predicted octanol–water partition coefficient (Wildman–Crippen LogP) is 4.05. The summed E-state index contributed by atoms with van der Waals surface area (Å²) in [6.07, 6.45) is 1.70. The number of benzene rings is 2. The van der Waals surface area contributed by atoms with E-state index in [9.17, 15) is 0 Å². The summed E-state index contributed by atoms with van der Waals surface area (Å²) in [5.74, 6) is 2.92. The van der Waals surface area contributed by atoms with Gasteiger partial charge in [0.2, 0.25) is 5.90 Å². The van der Waals surface area contributed by atoms with Crippen molar-refractivity contribution < 1.29 is 18.9 Å². The van der Waals surface area contributed by atoms with Crippen molar-refractivity contribution in [3.8, 4) is 17.2 Å². The van der Waals surface area contributed by atoms with Gasteiger partial charge in [0.05, 0.1) is 26.9 Å². The minimum atomic E-state index is -0.216. The van der Waals surface area contributed by atoms with Crippen LogP contribution in [0.3, 0.4) is 0 Å². The van der Waals surface area contributed by atoms with E-state index in [-0.39, 0.29) is 5.54 Å². The molecule has 0 fully saturated rings. The first-order valence-electron chi connectivity index (χ1n) is 9.06. The van der Waals surface area contributed by atoms with E-state index in [0.29, 0.717) is 24.0 Å². The van der Waals surface area contributed by atoms with Gasteiger partial charge in [-0.25, -0.2) is 4.99 Å². The van der Waals surface area contributed by atoms with E-state index in [4.69, 9.17) is 23.9 Å². The van der Waals surface area contributed by atoms with E-state index >= 15 is 0 Å². The van der Waals surface area contributed by atoms with Crippen molar-refractivity contribution in [2.75, 3.05) is 27.9 Å². The second-order valence-electron chi connectivity index (χ2n) is 7.23. The van der Waals surface area contributed by atoms with Gasteiger partial charge in [-0.3, -0.25) is 0 Å². The third-order valence-electron chi connectivity index (χ3n) is 4.62. The Bertz CT molecular complexity index is 842. The summed E-state index contributed by atoms with van der Waals surface area (Å²) in [6, 6.07) is 12.1. The fourth-order valence-corrected chi connectivity index (χ4v) is 3.16. The average Bonchev–Trinajstić information content (AvgIpc) is 3.05. The number of ether oxygens (including phenoxy) is 4. The predicted molar refractivity (Wildman–Crippen MR) is 107 cm³/mol. The van der Waals surface area contributed by atoms with E-state index in [1.807, 2.05) is 24.3 Å². The zero-order chi connectivity index (χ0) is 19.4. The van der Waals surface area contributed by atoms with Gasteiger partial charge < -0.3 is 18.9 Å². The molecule has 2 aromatic carbocycles. The molecular formula is C22H27NO4. The fraction of sp³-hybridized carbons (Fsp3) is 0.409. The maximum absolute atomic E-state index is 5.89. The van der Waals surface area contributed by atoms with Crippen LogP contribution in [0.4, 0.5) is 0 Å². The number of aliphatic imine (C=N–C) groups is 1. The first-order chi connectivity index (χ1) is 13.0. The number of hydrogen-bond acceptors (Lipinski definition) is 5. The fourth-order valence-electron chi connectivity index (χ4n) is 3.16. The summed E-state index contributed by atoms with van der Waals surface area (Å²) in [6.45, 7) is 4.71. The summed E-state index contributed by atoms with van der Waals surface area (Å²) in [5, 5.41) is 0. The molecule has 0 aliphatic carbocycles. The minimum absolute atomic E-state index is 0.216. The first kappa shape index (κ1) is 19.1. The van der Waals surface area contributed by atoms with Gasteiger partial charge in [-0.1, -0.05) is 12.1 Å². The molecule has 1 aliphatic rings. The maximum atomic E-state index is 5.89. The molecule has 1 heterocycles. The summed E-state index contributed by atoms with van der Waals surface area (Å²) >= 11 is 0. The molecule has 5 nitrogen and oxygen atoms in total. The highest BCUT2D eigenvalue weighted by Gasteiger charge is 2.29. The van der Waals surface area contributed by atoms with Crippen LogP contribution in [0, 0.1) is 0 Å². The third-order valence-corrected chi connectivity index (χ3v) is 4.62. The molecule has 0 aromatic heterocycles. The van der Waals surface area contributed by atoms with Gasteiger partial charge in [-0.15, -0.1) is 0 Å². The van der Waals surface area contributed by atoms with E-state index in [2.05, 4.69) is 26.0 Å². The molecule has 0 saturated heterocycles. The molecule has 2 aromatic rings. The van der Waals surface area contributed by atoms with Gasteiger partial charge in [0.1, 0.15) is 12.4 Å². The van der Waals surface area contributed by atoms with E-state index < -0.39 is 0 Å². The molecule has 0 amide bonds. The number of hydrogen-bond donors (Lipinski definition) is 0. The Balaban J connectivity index is 1.94. The summed E-state index contributed by atoms with van der Waals surface area (Å²) < 4.78 is 22.2. The Morgan fingerprint density at radius 2 is 1.70 bits per heavy atom. The van der Waals surface area contributed by atoms with Gasteiger partial charge in [0, 0.05) is 5.56 Å². The van der Waals surface area contributed by atoms with Gasteiger partial charge in [0.15, 0.2) is 11.5 Å². The van der Waals surface area contributed by atoms with Crippen LogP contribution in [0.25, 0.3) is 0 Å². The maximum Gasteiger partial charge on any atom is 0.217 e. The molecule has 0 atom stereocenters. The quantitative estimate of drug-likeness (QED) is 0.739. The van der Waals surface area contributed by atoms with Crippen LogP contribution < -0.4 is 14.2 Å². The van der Waals surface area contributed by atoms with Crippen molar-refractivity contribution in [2.45, 2.75) is 32.2 Å². The molecule has 0 spiro atoms. The Kier molecular flexibility index (Phi) is 5.59. The lowest BCUT2D eigenvalue weighted by Gasteiger charge is -2.15. The number of methoxy groups -OCH3 is 3. The second kappa shape index (κ2) is 7.91. The van der Waals surface area contributed by atoms with Gasteiger partial charge in [-0.05, 0) is 62.1 Å².